The second kappa shape index (κ2) is 5.46. The van der Waals surface area contributed by atoms with Gasteiger partial charge in [0.2, 0.25) is 0 Å². The summed E-state index contributed by atoms with van der Waals surface area (Å²) in [6.07, 6.45) is 0.470. The molecule has 0 aliphatic rings. The molecule has 1 aromatic heterocycles. The highest BCUT2D eigenvalue weighted by atomic mass is 19.1. The van der Waals surface area contributed by atoms with Crippen molar-refractivity contribution in [1.29, 1.82) is 0 Å². The van der Waals surface area contributed by atoms with E-state index < -0.39 is 0 Å². The monoisotopic (exact) mass is 283 g/mol. The van der Waals surface area contributed by atoms with Crippen molar-refractivity contribution in [3.63, 3.8) is 0 Å². The zero-order valence-corrected chi connectivity index (χ0v) is 11.3. The van der Waals surface area contributed by atoms with Crippen LogP contribution in [0.1, 0.15) is 5.82 Å². The van der Waals surface area contributed by atoms with Crippen LogP contribution in [0.3, 0.4) is 0 Å². The highest BCUT2D eigenvalue weighted by Crippen LogP contribution is 2.13. The summed E-state index contributed by atoms with van der Waals surface area (Å²) in [5.74, 6) is 0.230. The van der Waals surface area contributed by atoms with Crippen molar-refractivity contribution in [1.82, 2.24) is 9.55 Å². The molecule has 5 heteroatoms. The molecule has 0 atom stereocenters. The van der Waals surface area contributed by atoms with Gasteiger partial charge in [-0.3, -0.25) is 9.36 Å². The Morgan fingerprint density at radius 1 is 1.10 bits per heavy atom. The van der Waals surface area contributed by atoms with Crippen molar-refractivity contribution in [3.8, 4) is 5.69 Å². The summed E-state index contributed by atoms with van der Waals surface area (Å²) < 4.78 is 14.6. The number of hydrogen-bond donors (Lipinski definition) is 1. The van der Waals surface area contributed by atoms with Gasteiger partial charge in [-0.2, -0.15) is 0 Å². The summed E-state index contributed by atoms with van der Waals surface area (Å²) in [5.41, 5.74) is 6.67. The number of hydrogen-bond acceptors (Lipinski definition) is 3. The molecule has 1 heterocycles. The molecule has 0 saturated carbocycles. The largest absolute Gasteiger partial charge is 0.330 e. The van der Waals surface area contributed by atoms with E-state index in [0.717, 1.165) is 0 Å². The third-order valence-electron chi connectivity index (χ3n) is 3.30. The van der Waals surface area contributed by atoms with Crippen molar-refractivity contribution in [3.05, 3.63) is 70.5 Å². The highest BCUT2D eigenvalue weighted by Gasteiger charge is 2.11. The Balaban J connectivity index is 2.33. The predicted octanol–water partition coefficient (Wildman–Crippen LogP) is 2.03. The van der Waals surface area contributed by atoms with Crippen LogP contribution >= 0.6 is 0 Å². The van der Waals surface area contributed by atoms with Gasteiger partial charge in [0, 0.05) is 6.42 Å². The number of nitrogens with zero attached hydrogens (tertiary/aromatic N) is 2. The topological polar surface area (TPSA) is 60.9 Å². The van der Waals surface area contributed by atoms with E-state index >= 15 is 0 Å². The molecule has 3 aromatic rings. The van der Waals surface area contributed by atoms with Crippen LogP contribution in [0.15, 0.2) is 53.3 Å². The van der Waals surface area contributed by atoms with Crippen molar-refractivity contribution >= 4 is 10.9 Å². The Morgan fingerprint density at radius 2 is 1.81 bits per heavy atom. The first-order chi connectivity index (χ1) is 10.2. The van der Waals surface area contributed by atoms with Gasteiger partial charge in [-0.25, -0.2) is 9.37 Å². The molecule has 0 aliphatic carbocycles. The first kappa shape index (κ1) is 13.5. The maximum Gasteiger partial charge on any atom is 0.265 e. The van der Waals surface area contributed by atoms with Crippen LogP contribution in [-0.2, 0) is 6.42 Å². The zero-order valence-electron chi connectivity index (χ0n) is 11.3. The molecule has 0 unspecified atom stereocenters. The molecule has 0 radical (unpaired) electrons. The summed E-state index contributed by atoms with van der Waals surface area (Å²) in [4.78, 5) is 17.2. The van der Waals surface area contributed by atoms with Gasteiger partial charge in [0.25, 0.3) is 5.56 Å². The second-order valence-electron chi connectivity index (χ2n) is 4.70. The number of benzene rings is 2. The Morgan fingerprint density at radius 3 is 2.52 bits per heavy atom. The zero-order chi connectivity index (χ0) is 14.8. The summed E-state index contributed by atoms with van der Waals surface area (Å²) >= 11 is 0. The molecule has 2 N–H and O–H groups in total. The SMILES string of the molecule is NCCc1nc2ccccc2c(=O)n1-c1ccc(F)cc1. The van der Waals surface area contributed by atoms with E-state index in [2.05, 4.69) is 4.98 Å². The summed E-state index contributed by atoms with van der Waals surface area (Å²) in [5, 5.41) is 0.530. The molecule has 0 saturated heterocycles. The minimum absolute atomic E-state index is 0.171. The van der Waals surface area contributed by atoms with Gasteiger partial charge in [-0.05, 0) is 42.9 Å². The molecule has 0 aliphatic heterocycles. The van der Waals surface area contributed by atoms with E-state index in [9.17, 15) is 9.18 Å². The lowest BCUT2D eigenvalue weighted by atomic mass is 10.2. The van der Waals surface area contributed by atoms with Crippen LogP contribution in [-0.4, -0.2) is 16.1 Å². The first-order valence-electron chi connectivity index (χ1n) is 6.67. The van der Waals surface area contributed by atoms with E-state index in [1.54, 1.807) is 30.3 Å². The van der Waals surface area contributed by atoms with Gasteiger partial charge in [-0.1, -0.05) is 12.1 Å². The molecule has 0 spiro atoms. The van der Waals surface area contributed by atoms with Crippen LogP contribution in [0.25, 0.3) is 16.6 Å². The van der Waals surface area contributed by atoms with Gasteiger partial charge in [0.05, 0.1) is 16.6 Å². The van der Waals surface area contributed by atoms with Crippen LogP contribution < -0.4 is 11.3 Å². The number of fused-ring (bicyclic) bond motifs is 1. The third kappa shape index (κ3) is 2.43. The highest BCUT2D eigenvalue weighted by molar-refractivity contribution is 5.77. The Kier molecular flexibility index (Phi) is 3.50. The van der Waals surface area contributed by atoms with Gasteiger partial charge in [-0.15, -0.1) is 0 Å². The van der Waals surface area contributed by atoms with E-state index in [1.807, 2.05) is 6.07 Å². The van der Waals surface area contributed by atoms with Crippen LogP contribution in [0.5, 0.6) is 0 Å². The minimum atomic E-state index is -0.346. The fourth-order valence-electron chi connectivity index (χ4n) is 2.33. The van der Waals surface area contributed by atoms with Crippen LogP contribution in [0.4, 0.5) is 4.39 Å². The first-order valence-corrected chi connectivity index (χ1v) is 6.67. The third-order valence-corrected chi connectivity index (χ3v) is 3.30. The second-order valence-corrected chi connectivity index (χ2v) is 4.70. The van der Waals surface area contributed by atoms with E-state index in [-0.39, 0.29) is 11.4 Å². The molecular formula is C16H14FN3O. The van der Waals surface area contributed by atoms with Crippen LogP contribution in [0.2, 0.25) is 0 Å². The number of aromatic nitrogens is 2. The van der Waals surface area contributed by atoms with Crippen molar-refractivity contribution < 1.29 is 4.39 Å². The fourth-order valence-corrected chi connectivity index (χ4v) is 2.33. The summed E-state index contributed by atoms with van der Waals surface area (Å²) in [6.45, 7) is 0.381. The van der Waals surface area contributed by atoms with E-state index in [0.29, 0.717) is 35.4 Å². The van der Waals surface area contributed by atoms with E-state index in [4.69, 9.17) is 5.73 Å². The maximum atomic E-state index is 13.1. The summed E-state index contributed by atoms with van der Waals surface area (Å²) in [7, 11) is 0. The molecular weight excluding hydrogens is 269 g/mol. The van der Waals surface area contributed by atoms with Gasteiger partial charge < -0.3 is 5.73 Å². The lowest BCUT2D eigenvalue weighted by Crippen LogP contribution is -2.25. The molecule has 3 rings (SSSR count). The summed E-state index contributed by atoms with van der Waals surface area (Å²) in [6, 6.07) is 12.9. The number of nitrogens with two attached hydrogens (primary N) is 1. The molecule has 0 amide bonds. The normalized spacial score (nSPS) is 11.0. The standard InChI is InChI=1S/C16H14FN3O/c17-11-5-7-12(8-6-11)20-15(9-10-18)19-14-4-2-1-3-13(14)16(20)21/h1-8H,9-10,18H2. The molecule has 2 aromatic carbocycles. The lowest BCUT2D eigenvalue weighted by molar-refractivity contribution is 0.627. The van der Waals surface area contributed by atoms with Gasteiger partial charge in [0.15, 0.2) is 0 Å². The molecule has 0 fully saturated rings. The van der Waals surface area contributed by atoms with Crippen molar-refractivity contribution in [2.45, 2.75) is 6.42 Å². The molecule has 4 nitrogen and oxygen atoms in total. The Labute approximate surface area is 120 Å². The smallest absolute Gasteiger partial charge is 0.265 e. The number of para-hydroxylation sites is 1. The van der Waals surface area contributed by atoms with Gasteiger partial charge in [0.1, 0.15) is 11.6 Å². The quantitative estimate of drug-likeness (QED) is 0.800. The predicted molar refractivity (Wildman–Crippen MR) is 80.1 cm³/mol. The fraction of sp³-hybridized carbons (Fsp3) is 0.125. The number of rotatable bonds is 3. The molecule has 106 valence electrons. The van der Waals surface area contributed by atoms with Crippen LogP contribution in [0, 0.1) is 5.82 Å². The van der Waals surface area contributed by atoms with Crippen molar-refractivity contribution in [2.24, 2.45) is 5.73 Å². The average molecular weight is 283 g/mol. The Bertz CT molecular complexity index is 840. The van der Waals surface area contributed by atoms with Crippen molar-refractivity contribution in [2.75, 3.05) is 6.54 Å². The Hall–Kier alpha value is -2.53. The average Bonchev–Trinajstić information content (AvgIpc) is 2.49. The maximum absolute atomic E-state index is 13.1. The lowest BCUT2D eigenvalue weighted by Gasteiger charge is -2.13. The van der Waals surface area contributed by atoms with Gasteiger partial charge >= 0.3 is 0 Å². The molecule has 0 bridgehead atoms. The minimum Gasteiger partial charge on any atom is -0.330 e. The van der Waals surface area contributed by atoms with E-state index in [1.165, 1.54) is 16.7 Å². The number of halogens is 1. The molecule has 21 heavy (non-hydrogen) atoms.